The largest absolute Gasteiger partial charge is 0.508 e. The average Bonchev–Trinajstić information content (AvgIpc) is 2.57. The van der Waals surface area contributed by atoms with Crippen LogP contribution in [-0.4, -0.2) is 29.0 Å². The average molecular weight is 310 g/mol. The van der Waals surface area contributed by atoms with Crippen molar-refractivity contribution in [3.8, 4) is 5.75 Å². The van der Waals surface area contributed by atoms with Gasteiger partial charge >= 0.3 is 0 Å². The van der Waals surface area contributed by atoms with Gasteiger partial charge in [-0.05, 0) is 55.2 Å². The number of aromatic hydroxyl groups is 1. The number of hydrogen-bond donors (Lipinski definition) is 2. The summed E-state index contributed by atoms with van der Waals surface area (Å²) in [6, 6.07) is 14.4. The van der Waals surface area contributed by atoms with E-state index in [1.807, 2.05) is 29.2 Å². The Morgan fingerprint density at radius 2 is 1.74 bits per heavy atom. The molecule has 2 aromatic carbocycles. The normalized spacial score (nSPS) is 15.4. The predicted octanol–water partition coefficient (Wildman–Crippen LogP) is 4.01. The first-order valence-corrected chi connectivity index (χ1v) is 8.08. The highest BCUT2D eigenvalue weighted by atomic mass is 16.3. The fourth-order valence-corrected chi connectivity index (χ4v) is 2.86. The molecule has 23 heavy (non-hydrogen) atoms. The van der Waals surface area contributed by atoms with Gasteiger partial charge in [0.15, 0.2) is 0 Å². The van der Waals surface area contributed by atoms with Crippen molar-refractivity contribution in [2.24, 2.45) is 5.92 Å². The van der Waals surface area contributed by atoms with Gasteiger partial charge < -0.3 is 15.3 Å². The molecule has 1 saturated heterocycles. The standard InChI is InChI=1S/C19H22N2O2/c1-14-10-12-21(13-11-14)19(23)17-4-2-3-5-18(17)20-15-6-8-16(22)9-7-15/h2-9,14,20,22H,10-13H2,1H3. The summed E-state index contributed by atoms with van der Waals surface area (Å²) in [6.07, 6.45) is 2.14. The van der Waals surface area contributed by atoms with Crippen LogP contribution in [0.3, 0.4) is 0 Å². The number of amides is 1. The van der Waals surface area contributed by atoms with E-state index in [9.17, 15) is 9.90 Å². The molecule has 0 saturated carbocycles. The van der Waals surface area contributed by atoms with Crippen LogP contribution >= 0.6 is 0 Å². The lowest BCUT2D eigenvalue weighted by Gasteiger charge is -2.31. The van der Waals surface area contributed by atoms with Crippen molar-refractivity contribution < 1.29 is 9.90 Å². The number of piperidine rings is 1. The number of rotatable bonds is 3. The van der Waals surface area contributed by atoms with Crippen LogP contribution in [0, 0.1) is 5.92 Å². The summed E-state index contributed by atoms with van der Waals surface area (Å²) in [7, 11) is 0. The van der Waals surface area contributed by atoms with Crippen molar-refractivity contribution in [3.63, 3.8) is 0 Å². The Kier molecular flexibility index (Phi) is 4.51. The fraction of sp³-hybridized carbons (Fsp3) is 0.316. The van der Waals surface area contributed by atoms with Gasteiger partial charge in [0.2, 0.25) is 0 Å². The fourth-order valence-electron chi connectivity index (χ4n) is 2.86. The van der Waals surface area contributed by atoms with Gasteiger partial charge in [-0.15, -0.1) is 0 Å². The highest BCUT2D eigenvalue weighted by molar-refractivity contribution is 6.00. The van der Waals surface area contributed by atoms with E-state index < -0.39 is 0 Å². The van der Waals surface area contributed by atoms with Gasteiger partial charge in [-0.1, -0.05) is 19.1 Å². The molecule has 120 valence electrons. The Morgan fingerprint density at radius 1 is 1.09 bits per heavy atom. The second-order valence-corrected chi connectivity index (χ2v) is 6.19. The van der Waals surface area contributed by atoms with Crippen molar-refractivity contribution in [1.29, 1.82) is 0 Å². The molecule has 0 aromatic heterocycles. The second kappa shape index (κ2) is 6.73. The third-order valence-corrected chi connectivity index (χ3v) is 4.37. The number of para-hydroxylation sites is 1. The minimum absolute atomic E-state index is 0.0822. The zero-order chi connectivity index (χ0) is 16.2. The molecule has 1 amide bonds. The first-order valence-electron chi connectivity index (χ1n) is 8.08. The number of nitrogens with zero attached hydrogens (tertiary/aromatic N) is 1. The van der Waals surface area contributed by atoms with E-state index in [4.69, 9.17) is 0 Å². The van der Waals surface area contributed by atoms with Gasteiger partial charge in [0.1, 0.15) is 5.75 Å². The van der Waals surface area contributed by atoms with Crippen LogP contribution in [0.1, 0.15) is 30.1 Å². The first kappa shape index (κ1) is 15.4. The topological polar surface area (TPSA) is 52.6 Å². The van der Waals surface area contributed by atoms with Crippen LogP contribution in [-0.2, 0) is 0 Å². The van der Waals surface area contributed by atoms with Crippen LogP contribution in [0.2, 0.25) is 0 Å². The number of benzene rings is 2. The Labute approximate surface area is 136 Å². The number of hydrogen-bond acceptors (Lipinski definition) is 3. The van der Waals surface area contributed by atoms with Crippen molar-refractivity contribution >= 4 is 17.3 Å². The lowest BCUT2D eigenvalue weighted by atomic mass is 9.98. The monoisotopic (exact) mass is 310 g/mol. The Morgan fingerprint density at radius 3 is 2.43 bits per heavy atom. The Balaban J connectivity index is 1.80. The molecule has 3 rings (SSSR count). The van der Waals surface area contributed by atoms with E-state index in [1.54, 1.807) is 24.3 Å². The van der Waals surface area contributed by atoms with Crippen LogP contribution < -0.4 is 5.32 Å². The molecule has 1 heterocycles. The number of phenols is 1. The van der Waals surface area contributed by atoms with E-state index in [2.05, 4.69) is 12.2 Å². The summed E-state index contributed by atoms with van der Waals surface area (Å²) < 4.78 is 0. The number of anilines is 2. The number of carbonyl (C=O) groups excluding carboxylic acids is 1. The maximum absolute atomic E-state index is 12.8. The zero-order valence-electron chi connectivity index (χ0n) is 13.3. The maximum atomic E-state index is 12.8. The van der Waals surface area contributed by atoms with E-state index in [1.165, 1.54) is 0 Å². The minimum Gasteiger partial charge on any atom is -0.508 e. The number of phenolic OH excluding ortho intramolecular Hbond substituents is 1. The molecule has 1 aliphatic heterocycles. The van der Waals surface area contributed by atoms with Gasteiger partial charge in [-0.3, -0.25) is 4.79 Å². The number of nitrogens with one attached hydrogen (secondary N) is 1. The van der Waals surface area contributed by atoms with Gasteiger partial charge in [0.05, 0.1) is 11.3 Å². The summed E-state index contributed by atoms with van der Waals surface area (Å²) in [5.41, 5.74) is 2.33. The molecule has 2 N–H and O–H groups in total. The highest BCUT2D eigenvalue weighted by Crippen LogP contribution is 2.25. The summed E-state index contributed by atoms with van der Waals surface area (Å²) in [4.78, 5) is 14.8. The maximum Gasteiger partial charge on any atom is 0.255 e. The quantitative estimate of drug-likeness (QED) is 0.842. The van der Waals surface area contributed by atoms with E-state index >= 15 is 0 Å². The van der Waals surface area contributed by atoms with Gasteiger partial charge in [-0.2, -0.15) is 0 Å². The SMILES string of the molecule is CC1CCN(C(=O)c2ccccc2Nc2ccc(O)cc2)CC1. The molecule has 0 unspecified atom stereocenters. The molecule has 0 spiro atoms. The lowest BCUT2D eigenvalue weighted by Crippen LogP contribution is -2.38. The van der Waals surface area contributed by atoms with Crippen LogP contribution in [0.4, 0.5) is 11.4 Å². The van der Waals surface area contributed by atoms with Gasteiger partial charge in [0.25, 0.3) is 5.91 Å². The number of carbonyl (C=O) groups is 1. The molecule has 1 fully saturated rings. The summed E-state index contributed by atoms with van der Waals surface area (Å²) in [5, 5.41) is 12.6. The van der Waals surface area contributed by atoms with E-state index in [-0.39, 0.29) is 11.7 Å². The van der Waals surface area contributed by atoms with E-state index in [0.29, 0.717) is 11.5 Å². The minimum atomic E-state index is 0.0822. The number of likely N-dealkylation sites (tertiary alicyclic amines) is 1. The highest BCUT2D eigenvalue weighted by Gasteiger charge is 2.23. The van der Waals surface area contributed by atoms with Crippen molar-refractivity contribution in [2.45, 2.75) is 19.8 Å². The van der Waals surface area contributed by atoms with Crippen LogP contribution in [0.25, 0.3) is 0 Å². The van der Waals surface area contributed by atoms with Crippen molar-refractivity contribution in [3.05, 3.63) is 54.1 Å². The molecule has 2 aromatic rings. The van der Waals surface area contributed by atoms with Gasteiger partial charge in [-0.25, -0.2) is 0 Å². The smallest absolute Gasteiger partial charge is 0.255 e. The zero-order valence-corrected chi connectivity index (χ0v) is 13.3. The molecule has 0 bridgehead atoms. The van der Waals surface area contributed by atoms with Crippen molar-refractivity contribution in [1.82, 2.24) is 4.90 Å². The molecule has 0 radical (unpaired) electrons. The summed E-state index contributed by atoms with van der Waals surface area (Å²) >= 11 is 0. The molecule has 4 nitrogen and oxygen atoms in total. The molecular weight excluding hydrogens is 288 g/mol. The third kappa shape index (κ3) is 3.65. The predicted molar refractivity (Wildman–Crippen MR) is 92.1 cm³/mol. The summed E-state index contributed by atoms with van der Waals surface area (Å²) in [5.74, 6) is 1.01. The van der Waals surface area contributed by atoms with Gasteiger partial charge in [0, 0.05) is 18.8 Å². The second-order valence-electron chi connectivity index (χ2n) is 6.19. The van der Waals surface area contributed by atoms with E-state index in [0.717, 1.165) is 37.3 Å². The van der Waals surface area contributed by atoms with Crippen LogP contribution in [0.5, 0.6) is 5.75 Å². The van der Waals surface area contributed by atoms with Crippen molar-refractivity contribution in [2.75, 3.05) is 18.4 Å². The molecular formula is C19H22N2O2. The summed E-state index contributed by atoms with van der Waals surface area (Å²) in [6.45, 7) is 3.89. The third-order valence-electron chi connectivity index (χ3n) is 4.37. The molecule has 0 atom stereocenters. The lowest BCUT2D eigenvalue weighted by molar-refractivity contribution is 0.0698. The molecule has 0 aliphatic carbocycles. The Bertz CT molecular complexity index is 674. The molecule has 1 aliphatic rings. The Hall–Kier alpha value is -2.49. The molecule has 4 heteroatoms. The van der Waals surface area contributed by atoms with Crippen LogP contribution in [0.15, 0.2) is 48.5 Å². The first-order chi connectivity index (χ1) is 11.1.